The molecule has 1 aromatic heterocycles. The van der Waals surface area contributed by atoms with Crippen LogP contribution in [0.5, 0.6) is 0 Å². The Hall–Kier alpha value is -1.16. The summed E-state index contributed by atoms with van der Waals surface area (Å²) in [5, 5.41) is 0. The summed E-state index contributed by atoms with van der Waals surface area (Å²) in [4.78, 5) is 18.8. The van der Waals surface area contributed by atoms with Crippen LogP contribution >= 0.6 is 0 Å². The quantitative estimate of drug-likeness (QED) is 0.845. The van der Waals surface area contributed by atoms with Gasteiger partial charge in [0.05, 0.1) is 6.61 Å². The minimum Gasteiger partial charge on any atom is -0.381 e. The van der Waals surface area contributed by atoms with Crippen molar-refractivity contribution in [1.29, 1.82) is 0 Å². The average molecular weight is 222 g/mol. The molecule has 16 heavy (non-hydrogen) atoms. The van der Waals surface area contributed by atoms with Gasteiger partial charge in [-0.15, -0.1) is 0 Å². The molecule has 1 N–H and O–H groups in total. The zero-order valence-electron chi connectivity index (χ0n) is 9.66. The molecule has 4 nitrogen and oxygen atoms in total. The molecule has 0 spiro atoms. The zero-order chi connectivity index (χ0) is 11.4. The summed E-state index contributed by atoms with van der Waals surface area (Å²) >= 11 is 0. The Morgan fingerprint density at radius 1 is 1.62 bits per heavy atom. The number of H-pyrrole nitrogens is 1. The maximum absolute atomic E-state index is 11.5. The van der Waals surface area contributed by atoms with E-state index in [0.717, 1.165) is 43.8 Å². The van der Waals surface area contributed by atoms with E-state index in [1.54, 1.807) is 6.07 Å². The molecule has 1 fully saturated rings. The third-order valence-corrected chi connectivity index (χ3v) is 2.87. The first-order valence-corrected chi connectivity index (χ1v) is 5.97. The van der Waals surface area contributed by atoms with E-state index in [1.807, 2.05) is 0 Å². The lowest BCUT2D eigenvalue weighted by atomic mass is 10.0. The minimum atomic E-state index is -0.0426. The number of hydrogen-bond acceptors (Lipinski definition) is 3. The summed E-state index contributed by atoms with van der Waals surface area (Å²) in [5.41, 5.74) is 0.853. The van der Waals surface area contributed by atoms with Gasteiger partial charge in [-0.3, -0.25) is 4.79 Å². The molecule has 1 atom stereocenters. The Balaban J connectivity index is 2.21. The number of nitrogens with zero attached hydrogens (tertiary/aromatic N) is 1. The predicted octanol–water partition coefficient (Wildman–Crippen LogP) is 1.62. The first kappa shape index (κ1) is 11.3. The Bertz CT molecular complexity index is 394. The second kappa shape index (κ2) is 5.25. The molecule has 0 aliphatic carbocycles. The Morgan fingerprint density at radius 2 is 2.50 bits per heavy atom. The molecule has 1 aliphatic heterocycles. The van der Waals surface area contributed by atoms with Crippen LogP contribution in [0, 0.1) is 0 Å². The molecule has 2 rings (SSSR count). The van der Waals surface area contributed by atoms with Crippen molar-refractivity contribution in [1.82, 2.24) is 9.97 Å². The maximum atomic E-state index is 11.5. The molecule has 2 heterocycles. The highest BCUT2D eigenvalue weighted by Crippen LogP contribution is 2.21. The topological polar surface area (TPSA) is 55.0 Å². The van der Waals surface area contributed by atoms with Crippen LogP contribution in [-0.2, 0) is 11.2 Å². The molecule has 0 saturated carbocycles. The van der Waals surface area contributed by atoms with Gasteiger partial charge in [-0.1, -0.05) is 13.3 Å². The van der Waals surface area contributed by atoms with Crippen molar-refractivity contribution in [2.75, 3.05) is 13.2 Å². The monoisotopic (exact) mass is 222 g/mol. The van der Waals surface area contributed by atoms with E-state index in [0.29, 0.717) is 6.61 Å². The third kappa shape index (κ3) is 2.70. The normalized spacial score (nSPS) is 20.9. The van der Waals surface area contributed by atoms with E-state index in [-0.39, 0.29) is 11.5 Å². The van der Waals surface area contributed by atoms with E-state index < -0.39 is 0 Å². The summed E-state index contributed by atoms with van der Waals surface area (Å²) < 4.78 is 5.41. The lowest BCUT2D eigenvalue weighted by Gasteiger charge is -2.21. The largest absolute Gasteiger partial charge is 0.381 e. The van der Waals surface area contributed by atoms with Gasteiger partial charge in [-0.2, -0.15) is 0 Å². The molecule has 0 aromatic carbocycles. The smallest absolute Gasteiger partial charge is 0.251 e. The second-order valence-corrected chi connectivity index (χ2v) is 4.29. The second-order valence-electron chi connectivity index (χ2n) is 4.29. The maximum Gasteiger partial charge on any atom is 0.251 e. The van der Waals surface area contributed by atoms with Crippen molar-refractivity contribution < 1.29 is 4.74 Å². The molecular formula is C12H18N2O2. The summed E-state index contributed by atoms with van der Waals surface area (Å²) in [6.45, 7) is 3.60. The molecule has 4 heteroatoms. The van der Waals surface area contributed by atoms with Gasteiger partial charge in [0, 0.05) is 24.3 Å². The van der Waals surface area contributed by atoms with Crippen LogP contribution in [0.1, 0.15) is 43.6 Å². The van der Waals surface area contributed by atoms with Crippen molar-refractivity contribution >= 4 is 0 Å². The first-order valence-electron chi connectivity index (χ1n) is 5.97. The summed E-state index contributed by atoms with van der Waals surface area (Å²) in [5.74, 6) is 1.06. The van der Waals surface area contributed by atoms with Gasteiger partial charge >= 0.3 is 0 Å². The fourth-order valence-corrected chi connectivity index (χ4v) is 2.06. The summed E-state index contributed by atoms with van der Waals surface area (Å²) in [7, 11) is 0. The lowest BCUT2D eigenvalue weighted by Crippen LogP contribution is -2.22. The van der Waals surface area contributed by atoms with Crippen molar-refractivity contribution in [3.63, 3.8) is 0 Å². The van der Waals surface area contributed by atoms with Crippen LogP contribution < -0.4 is 5.56 Å². The predicted molar refractivity (Wildman–Crippen MR) is 61.6 cm³/mol. The third-order valence-electron chi connectivity index (χ3n) is 2.87. The Morgan fingerprint density at radius 3 is 3.19 bits per heavy atom. The molecule has 0 bridgehead atoms. The average Bonchev–Trinajstić information content (AvgIpc) is 2.30. The standard InChI is InChI=1S/C12H18N2O2/c1-2-4-10-7-11(15)14-12(13-10)9-5-3-6-16-8-9/h7,9H,2-6,8H2,1H3,(H,13,14,15). The summed E-state index contributed by atoms with van der Waals surface area (Å²) in [6, 6.07) is 1.59. The van der Waals surface area contributed by atoms with E-state index in [2.05, 4.69) is 16.9 Å². The first-order chi connectivity index (χ1) is 7.79. The number of hydrogen-bond donors (Lipinski definition) is 1. The fourth-order valence-electron chi connectivity index (χ4n) is 2.06. The highest BCUT2D eigenvalue weighted by atomic mass is 16.5. The van der Waals surface area contributed by atoms with E-state index in [9.17, 15) is 4.79 Å². The highest BCUT2D eigenvalue weighted by molar-refractivity contribution is 5.06. The minimum absolute atomic E-state index is 0.0426. The van der Waals surface area contributed by atoms with Gasteiger partial charge in [0.2, 0.25) is 0 Å². The Kier molecular flexibility index (Phi) is 3.72. The van der Waals surface area contributed by atoms with Crippen LogP contribution in [-0.4, -0.2) is 23.2 Å². The van der Waals surface area contributed by atoms with Crippen molar-refractivity contribution in [2.24, 2.45) is 0 Å². The van der Waals surface area contributed by atoms with Crippen LogP contribution in [0.25, 0.3) is 0 Å². The number of rotatable bonds is 3. The molecule has 0 radical (unpaired) electrons. The van der Waals surface area contributed by atoms with Gasteiger partial charge in [0.15, 0.2) is 0 Å². The van der Waals surface area contributed by atoms with E-state index in [4.69, 9.17) is 4.74 Å². The molecule has 1 saturated heterocycles. The number of aromatic nitrogens is 2. The van der Waals surface area contributed by atoms with Crippen LogP contribution in [0.2, 0.25) is 0 Å². The molecule has 1 aromatic rings. The molecule has 1 aliphatic rings. The Labute approximate surface area is 95.1 Å². The van der Waals surface area contributed by atoms with Crippen molar-refractivity contribution in [3.05, 3.63) is 27.9 Å². The van der Waals surface area contributed by atoms with Crippen LogP contribution in [0.15, 0.2) is 10.9 Å². The van der Waals surface area contributed by atoms with Crippen molar-refractivity contribution in [2.45, 2.75) is 38.5 Å². The van der Waals surface area contributed by atoms with Gasteiger partial charge in [0.25, 0.3) is 5.56 Å². The number of ether oxygens (including phenoxy) is 1. The van der Waals surface area contributed by atoms with E-state index in [1.165, 1.54) is 0 Å². The zero-order valence-corrected chi connectivity index (χ0v) is 9.66. The van der Waals surface area contributed by atoms with Gasteiger partial charge < -0.3 is 9.72 Å². The lowest BCUT2D eigenvalue weighted by molar-refractivity contribution is 0.0779. The number of aryl methyl sites for hydroxylation is 1. The number of nitrogens with one attached hydrogen (secondary N) is 1. The SMILES string of the molecule is CCCc1cc(=O)[nH]c(C2CCCOC2)n1. The van der Waals surface area contributed by atoms with Gasteiger partial charge in [-0.05, 0) is 19.3 Å². The molecule has 88 valence electrons. The van der Waals surface area contributed by atoms with Crippen LogP contribution in [0.4, 0.5) is 0 Å². The van der Waals surface area contributed by atoms with Gasteiger partial charge in [-0.25, -0.2) is 4.98 Å². The van der Waals surface area contributed by atoms with E-state index >= 15 is 0 Å². The molecule has 0 amide bonds. The highest BCUT2D eigenvalue weighted by Gasteiger charge is 2.18. The molecular weight excluding hydrogens is 204 g/mol. The van der Waals surface area contributed by atoms with Crippen molar-refractivity contribution in [3.8, 4) is 0 Å². The summed E-state index contributed by atoms with van der Waals surface area (Å²) in [6.07, 6.45) is 3.98. The number of aromatic amines is 1. The van der Waals surface area contributed by atoms with Crippen LogP contribution in [0.3, 0.4) is 0 Å². The fraction of sp³-hybridized carbons (Fsp3) is 0.667. The van der Waals surface area contributed by atoms with Gasteiger partial charge in [0.1, 0.15) is 5.82 Å². The molecule has 1 unspecified atom stereocenters.